The van der Waals surface area contributed by atoms with Crippen molar-refractivity contribution in [1.82, 2.24) is 0 Å². The zero-order chi connectivity index (χ0) is 25.0. The molecule has 0 bridgehead atoms. The van der Waals surface area contributed by atoms with E-state index in [9.17, 15) is 26.7 Å². The van der Waals surface area contributed by atoms with Gasteiger partial charge >= 0.3 is 5.97 Å². The fourth-order valence-corrected chi connectivity index (χ4v) is 6.80. The van der Waals surface area contributed by atoms with Gasteiger partial charge in [0.25, 0.3) is 0 Å². The minimum atomic E-state index is -2.39. The predicted octanol–water partition coefficient (Wildman–Crippen LogP) is 7.43. The van der Waals surface area contributed by atoms with E-state index in [1.807, 2.05) is 0 Å². The Kier molecular flexibility index (Phi) is 6.83. The van der Waals surface area contributed by atoms with Crippen LogP contribution in [0.15, 0.2) is 0 Å². The van der Waals surface area contributed by atoms with E-state index in [0.717, 1.165) is 32.1 Å². The summed E-state index contributed by atoms with van der Waals surface area (Å²) in [7, 11) is -2.39. The molecule has 0 unspecified atom stereocenters. The standard InChI is InChI=1S/C24H33F5O3Si/c1-22(2,3)33(5,6)32-24-12-10-8-7-9-11-23(24,4)13-14(24)21(30)31-20-18(28)16(26)15(25)17(27)19(20)29/h14H,7-13H2,1-6H3/t14-,23-,24-/m0/s1. The highest BCUT2D eigenvalue weighted by atomic mass is 28.4. The van der Waals surface area contributed by atoms with Crippen molar-refractivity contribution >= 4 is 14.3 Å². The van der Waals surface area contributed by atoms with Crippen LogP contribution in [0, 0.1) is 40.4 Å². The summed E-state index contributed by atoms with van der Waals surface area (Å²) in [6.07, 6.45) is 5.61. The Balaban J connectivity index is 2.01. The minimum Gasteiger partial charge on any atom is -0.420 e. The Morgan fingerprint density at radius 2 is 1.36 bits per heavy atom. The third-order valence-electron chi connectivity index (χ3n) is 8.17. The molecular formula is C24H33F5O3Si. The maximum atomic E-state index is 14.2. The number of esters is 1. The highest BCUT2D eigenvalue weighted by Crippen LogP contribution is 2.64. The highest BCUT2D eigenvalue weighted by molar-refractivity contribution is 6.74. The van der Waals surface area contributed by atoms with Crippen molar-refractivity contribution in [1.29, 1.82) is 0 Å². The molecule has 9 heteroatoms. The van der Waals surface area contributed by atoms with E-state index < -0.39 is 60.6 Å². The lowest BCUT2D eigenvalue weighted by atomic mass is 9.47. The third kappa shape index (κ3) is 4.24. The van der Waals surface area contributed by atoms with Gasteiger partial charge in [-0.15, -0.1) is 0 Å². The monoisotopic (exact) mass is 492 g/mol. The van der Waals surface area contributed by atoms with Crippen molar-refractivity contribution in [3.63, 3.8) is 0 Å². The molecule has 1 aromatic rings. The van der Waals surface area contributed by atoms with E-state index in [2.05, 4.69) is 40.8 Å². The van der Waals surface area contributed by atoms with Gasteiger partial charge in [0.2, 0.25) is 34.8 Å². The van der Waals surface area contributed by atoms with Crippen LogP contribution in [-0.4, -0.2) is 19.9 Å². The molecule has 1 aromatic carbocycles. The van der Waals surface area contributed by atoms with E-state index in [0.29, 0.717) is 12.8 Å². The average Bonchev–Trinajstić information content (AvgIpc) is 2.72. The van der Waals surface area contributed by atoms with Gasteiger partial charge in [0.15, 0.2) is 8.32 Å². The summed E-state index contributed by atoms with van der Waals surface area (Å²) in [6.45, 7) is 12.5. The molecule has 3 rings (SSSR count). The van der Waals surface area contributed by atoms with Crippen LogP contribution in [0.25, 0.3) is 0 Å². The van der Waals surface area contributed by atoms with Crippen molar-refractivity contribution in [3.8, 4) is 5.75 Å². The smallest absolute Gasteiger partial charge is 0.317 e. The minimum absolute atomic E-state index is 0.156. The van der Waals surface area contributed by atoms with E-state index >= 15 is 0 Å². The number of carbonyl (C=O) groups is 1. The highest BCUT2D eigenvalue weighted by Gasteiger charge is 2.68. The molecule has 0 aromatic heterocycles. The number of hydrogen-bond donors (Lipinski definition) is 0. The topological polar surface area (TPSA) is 35.5 Å². The zero-order valence-electron chi connectivity index (χ0n) is 20.1. The summed E-state index contributed by atoms with van der Waals surface area (Å²) >= 11 is 0. The molecule has 0 saturated heterocycles. The van der Waals surface area contributed by atoms with Crippen LogP contribution < -0.4 is 4.74 Å². The number of halogens is 5. The first-order valence-corrected chi connectivity index (χ1v) is 14.4. The molecule has 2 fully saturated rings. The second kappa shape index (κ2) is 8.63. The number of benzene rings is 1. The fourth-order valence-electron chi connectivity index (χ4n) is 5.10. The number of carbonyl (C=O) groups excluding carboxylic acids is 1. The normalized spacial score (nSPS) is 28.4. The Bertz CT molecular complexity index is 916. The molecule has 33 heavy (non-hydrogen) atoms. The van der Waals surface area contributed by atoms with Gasteiger partial charge in [-0.1, -0.05) is 53.4 Å². The molecule has 0 spiro atoms. The second-order valence-electron chi connectivity index (χ2n) is 11.3. The van der Waals surface area contributed by atoms with E-state index in [1.165, 1.54) is 0 Å². The Morgan fingerprint density at radius 3 is 1.88 bits per heavy atom. The van der Waals surface area contributed by atoms with Crippen LogP contribution in [0.3, 0.4) is 0 Å². The van der Waals surface area contributed by atoms with Gasteiger partial charge in [0.1, 0.15) is 0 Å². The van der Waals surface area contributed by atoms with Gasteiger partial charge in [-0.05, 0) is 42.8 Å². The van der Waals surface area contributed by atoms with Crippen molar-refractivity contribution in [2.75, 3.05) is 0 Å². The lowest BCUT2D eigenvalue weighted by molar-refractivity contribution is -0.218. The molecule has 3 nitrogen and oxygen atoms in total. The summed E-state index contributed by atoms with van der Waals surface area (Å²) in [5, 5.41) is -0.156. The molecule has 0 aliphatic heterocycles. The summed E-state index contributed by atoms with van der Waals surface area (Å²) in [5.74, 6) is -14.3. The zero-order valence-corrected chi connectivity index (χ0v) is 21.1. The SMILES string of the molecule is CC(C)(C)[Si](C)(C)O[C@]12CCCCCC[C@@]1(C)C[C@H]2C(=O)Oc1c(F)c(F)c(F)c(F)c1F. The maximum Gasteiger partial charge on any atom is 0.317 e. The number of rotatable bonds is 4. The quantitative estimate of drug-likeness (QED) is 0.110. The van der Waals surface area contributed by atoms with Gasteiger partial charge < -0.3 is 9.16 Å². The summed E-state index contributed by atoms with van der Waals surface area (Å²) in [6, 6.07) is 0. The van der Waals surface area contributed by atoms with Crippen molar-refractivity contribution in [2.24, 2.45) is 11.3 Å². The fraction of sp³-hybridized carbons (Fsp3) is 0.708. The molecule has 3 atom stereocenters. The average molecular weight is 493 g/mol. The van der Waals surface area contributed by atoms with Gasteiger partial charge in [0.05, 0.1) is 11.5 Å². The summed E-state index contributed by atoms with van der Waals surface area (Å²) < 4.78 is 80.8. The van der Waals surface area contributed by atoms with Gasteiger partial charge in [-0.25, -0.2) is 13.2 Å². The summed E-state index contributed by atoms with van der Waals surface area (Å²) in [5.41, 5.74) is -1.25. The van der Waals surface area contributed by atoms with Gasteiger partial charge in [-0.3, -0.25) is 4.79 Å². The molecule has 0 N–H and O–H groups in total. The molecular weight excluding hydrogens is 459 g/mol. The van der Waals surface area contributed by atoms with Crippen LogP contribution >= 0.6 is 0 Å². The molecule has 2 aliphatic carbocycles. The summed E-state index contributed by atoms with van der Waals surface area (Å²) in [4.78, 5) is 13.2. The Morgan fingerprint density at radius 1 is 0.879 bits per heavy atom. The molecule has 0 heterocycles. The van der Waals surface area contributed by atoms with Crippen LogP contribution in [-0.2, 0) is 9.22 Å². The van der Waals surface area contributed by atoms with Gasteiger partial charge in [0, 0.05) is 0 Å². The van der Waals surface area contributed by atoms with E-state index in [-0.39, 0.29) is 10.5 Å². The van der Waals surface area contributed by atoms with Crippen LogP contribution in [0.1, 0.15) is 72.6 Å². The molecule has 2 aliphatic rings. The maximum absolute atomic E-state index is 14.2. The van der Waals surface area contributed by atoms with E-state index in [4.69, 9.17) is 9.16 Å². The van der Waals surface area contributed by atoms with Crippen LogP contribution in [0.2, 0.25) is 18.1 Å². The lowest BCUT2D eigenvalue weighted by Gasteiger charge is -2.65. The first kappa shape index (κ1) is 26.1. The Labute approximate surface area is 193 Å². The molecule has 2 saturated carbocycles. The predicted molar refractivity (Wildman–Crippen MR) is 117 cm³/mol. The van der Waals surface area contributed by atoms with Crippen molar-refractivity contribution in [2.45, 2.75) is 96.4 Å². The van der Waals surface area contributed by atoms with E-state index in [1.54, 1.807) is 0 Å². The van der Waals surface area contributed by atoms with Crippen LogP contribution in [0.5, 0.6) is 5.75 Å². The first-order chi connectivity index (χ1) is 15.1. The van der Waals surface area contributed by atoms with Crippen molar-refractivity contribution < 1.29 is 35.9 Å². The number of fused-ring (bicyclic) bond motifs is 1. The van der Waals surface area contributed by atoms with Gasteiger partial charge in [-0.2, -0.15) is 8.78 Å². The first-order valence-electron chi connectivity index (χ1n) is 11.5. The Hall–Kier alpha value is -1.48. The number of ether oxygens (including phenoxy) is 1. The molecule has 186 valence electrons. The molecule has 0 amide bonds. The second-order valence-corrected chi connectivity index (χ2v) is 16.0. The lowest BCUT2D eigenvalue weighted by Crippen LogP contribution is -2.70. The molecule has 0 radical (unpaired) electrons. The number of hydrogen-bond acceptors (Lipinski definition) is 3. The van der Waals surface area contributed by atoms with Crippen molar-refractivity contribution in [3.05, 3.63) is 29.1 Å². The van der Waals surface area contributed by atoms with Crippen LogP contribution in [0.4, 0.5) is 22.0 Å². The third-order valence-corrected chi connectivity index (χ3v) is 12.7. The largest absolute Gasteiger partial charge is 0.420 e.